The number of anilines is 3. The van der Waals surface area contributed by atoms with Gasteiger partial charge < -0.3 is 30.1 Å². The largest absolute Gasteiger partial charge is 0.497 e. The number of carbonyl (C=O) groups excluding carboxylic acids is 1. The average Bonchev–Trinajstić information content (AvgIpc) is 3.06. The van der Waals surface area contributed by atoms with Crippen molar-refractivity contribution in [2.75, 3.05) is 50.6 Å². The van der Waals surface area contributed by atoms with E-state index in [9.17, 15) is 14.7 Å². The third-order valence-electron chi connectivity index (χ3n) is 7.89. The van der Waals surface area contributed by atoms with Crippen LogP contribution in [0.1, 0.15) is 52.5 Å². The summed E-state index contributed by atoms with van der Waals surface area (Å²) in [4.78, 5) is 38.4. The van der Waals surface area contributed by atoms with Crippen molar-refractivity contribution in [3.8, 4) is 11.5 Å². The number of carboxylic acid groups (broad SMARTS) is 1. The molecule has 1 unspecified atom stereocenters. The number of methoxy groups -OCH3 is 2. The van der Waals surface area contributed by atoms with Gasteiger partial charge >= 0.3 is 6.09 Å². The Kier molecular flexibility index (Phi) is 11.5. The molecule has 3 aromatic carbocycles. The molecule has 3 N–H and O–H groups in total. The summed E-state index contributed by atoms with van der Waals surface area (Å²) in [6.45, 7) is 11.2. The van der Waals surface area contributed by atoms with Crippen molar-refractivity contribution < 1.29 is 24.2 Å². The lowest BCUT2D eigenvalue weighted by Gasteiger charge is -2.32. The molecule has 1 aromatic heterocycles. The van der Waals surface area contributed by atoms with Gasteiger partial charge in [-0.1, -0.05) is 38.1 Å². The first-order valence-corrected chi connectivity index (χ1v) is 15.2. The first-order valence-electron chi connectivity index (χ1n) is 15.2. The highest BCUT2D eigenvalue weighted by Gasteiger charge is 2.34. The van der Waals surface area contributed by atoms with E-state index >= 15 is 0 Å². The van der Waals surface area contributed by atoms with Gasteiger partial charge in [-0.05, 0) is 86.1 Å². The minimum absolute atomic E-state index is 0.146. The second kappa shape index (κ2) is 15.7. The van der Waals surface area contributed by atoms with Crippen molar-refractivity contribution in [1.82, 2.24) is 20.2 Å². The number of aryl methyl sites for hydroxylation is 2. The van der Waals surface area contributed by atoms with Gasteiger partial charge in [0.1, 0.15) is 17.3 Å². The summed E-state index contributed by atoms with van der Waals surface area (Å²) in [6, 6.07) is 18.8. The van der Waals surface area contributed by atoms with E-state index in [4.69, 9.17) is 9.47 Å². The first kappa shape index (κ1) is 33.7. The summed E-state index contributed by atoms with van der Waals surface area (Å²) in [7, 11) is 3.10. The molecule has 46 heavy (non-hydrogen) atoms. The molecule has 4 rings (SSSR count). The Morgan fingerprint density at radius 2 is 1.65 bits per heavy atom. The summed E-state index contributed by atoms with van der Waals surface area (Å²) in [5.74, 6) is 1.18. The molecule has 4 aromatic rings. The third kappa shape index (κ3) is 7.91. The van der Waals surface area contributed by atoms with E-state index in [0.717, 1.165) is 36.3 Å². The smallest absolute Gasteiger partial charge is 0.413 e. The number of hydrogen-bond donors (Lipinski definition) is 3. The molecule has 0 bridgehead atoms. The van der Waals surface area contributed by atoms with Crippen LogP contribution in [0.3, 0.4) is 0 Å². The monoisotopic (exact) mass is 626 g/mol. The number of nitrogens with zero attached hydrogens (tertiary/aromatic N) is 4. The number of aromatic nitrogens is 2. The van der Waals surface area contributed by atoms with Gasteiger partial charge in [0.15, 0.2) is 0 Å². The van der Waals surface area contributed by atoms with Crippen molar-refractivity contribution in [3.05, 3.63) is 101 Å². The van der Waals surface area contributed by atoms with E-state index in [1.54, 1.807) is 62.8 Å². The quantitative estimate of drug-likeness (QED) is 0.150. The molecule has 242 valence electrons. The number of amides is 2. The second-order valence-corrected chi connectivity index (χ2v) is 10.7. The molecule has 0 aliphatic rings. The van der Waals surface area contributed by atoms with Crippen LogP contribution in [0, 0.1) is 13.8 Å². The zero-order valence-corrected chi connectivity index (χ0v) is 27.2. The van der Waals surface area contributed by atoms with Gasteiger partial charge in [0, 0.05) is 36.1 Å². The van der Waals surface area contributed by atoms with E-state index < -0.39 is 12.1 Å². The Morgan fingerprint density at radius 1 is 0.935 bits per heavy atom. The predicted molar refractivity (Wildman–Crippen MR) is 180 cm³/mol. The number of carbonyl (C=O) groups is 2. The predicted octanol–water partition coefficient (Wildman–Crippen LogP) is 6.20. The van der Waals surface area contributed by atoms with E-state index in [1.165, 1.54) is 11.1 Å². The van der Waals surface area contributed by atoms with Crippen molar-refractivity contribution in [2.45, 2.75) is 33.7 Å². The zero-order chi connectivity index (χ0) is 33.2. The molecule has 0 radical (unpaired) electrons. The molecule has 0 fully saturated rings. The van der Waals surface area contributed by atoms with E-state index in [2.05, 4.69) is 39.3 Å². The molecule has 0 saturated heterocycles. The highest BCUT2D eigenvalue weighted by molar-refractivity contribution is 5.95. The standard InChI is InChI=1S/C35H42N6O5/c1-7-40(8-2)20-19-36-33(42)25-13-10-14-26(21-25)38-34-37-18-17-30(39-34)41(35(43)44)32(31-23(3)11-9-12-24(31)4)28-22-27(45-5)15-16-29(28)46-6/h9-18,21-22,32H,7-8,19-20H2,1-6H3,(H,36,42)(H,43,44)(H,37,38,39). The van der Waals surface area contributed by atoms with Crippen molar-refractivity contribution >= 4 is 29.5 Å². The maximum Gasteiger partial charge on any atom is 0.413 e. The fraction of sp³-hybridized carbons (Fsp3) is 0.314. The normalized spacial score (nSPS) is 11.5. The molecule has 0 aliphatic carbocycles. The average molecular weight is 627 g/mol. The van der Waals surface area contributed by atoms with Gasteiger partial charge in [-0.25, -0.2) is 14.7 Å². The summed E-state index contributed by atoms with van der Waals surface area (Å²) in [5, 5.41) is 16.8. The van der Waals surface area contributed by atoms with Gasteiger partial charge in [-0.2, -0.15) is 4.98 Å². The van der Waals surface area contributed by atoms with E-state index in [1.807, 2.05) is 32.0 Å². The molecule has 2 amide bonds. The van der Waals surface area contributed by atoms with Crippen LogP contribution in [0.5, 0.6) is 11.5 Å². The lowest BCUT2D eigenvalue weighted by molar-refractivity contribution is 0.0949. The molecule has 11 heteroatoms. The summed E-state index contributed by atoms with van der Waals surface area (Å²) < 4.78 is 11.2. The number of nitrogens with one attached hydrogen (secondary N) is 2. The van der Waals surface area contributed by atoms with Crippen LogP contribution in [-0.2, 0) is 0 Å². The SMILES string of the molecule is CCN(CC)CCNC(=O)c1cccc(Nc2nccc(N(C(=O)O)C(c3cc(OC)ccc3OC)c3c(C)cccc3C)n2)c1. The Morgan fingerprint density at radius 3 is 2.30 bits per heavy atom. The third-order valence-corrected chi connectivity index (χ3v) is 7.89. The first-order chi connectivity index (χ1) is 22.2. The minimum atomic E-state index is -1.22. The molecule has 0 spiro atoms. The van der Waals surface area contributed by atoms with Crippen LogP contribution >= 0.6 is 0 Å². The van der Waals surface area contributed by atoms with Gasteiger partial charge in [0.05, 0.1) is 20.3 Å². The summed E-state index contributed by atoms with van der Waals surface area (Å²) in [6.07, 6.45) is 0.278. The topological polar surface area (TPSA) is 129 Å². The van der Waals surface area contributed by atoms with Crippen molar-refractivity contribution in [1.29, 1.82) is 0 Å². The summed E-state index contributed by atoms with van der Waals surface area (Å²) >= 11 is 0. The van der Waals surface area contributed by atoms with Crippen LogP contribution in [0.15, 0.2) is 72.9 Å². The highest BCUT2D eigenvalue weighted by atomic mass is 16.5. The summed E-state index contributed by atoms with van der Waals surface area (Å²) in [5.41, 5.74) is 4.25. The van der Waals surface area contributed by atoms with Gasteiger partial charge in [-0.15, -0.1) is 0 Å². The maximum atomic E-state index is 13.1. The van der Waals surface area contributed by atoms with Crippen LogP contribution in [0.2, 0.25) is 0 Å². The van der Waals surface area contributed by atoms with Gasteiger partial charge in [-0.3, -0.25) is 4.79 Å². The molecular formula is C35H42N6O5. The highest BCUT2D eigenvalue weighted by Crippen LogP contribution is 2.41. The lowest BCUT2D eigenvalue weighted by atomic mass is 9.89. The number of rotatable bonds is 14. The Balaban J connectivity index is 1.70. The number of likely N-dealkylation sites (N-methyl/N-ethyl adjacent to an activating group) is 1. The van der Waals surface area contributed by atoms with Crippen LogP contribution in [0.4, 0.5) is 22.2 Å². The Bertz CT molecular complexity index is 1640. The second-order valence-electron chi connectivity index (χ2n) is 10.7. The maximum absolute atomic E-state index is 13.1. The molecular weight excluding hydrogens is 584 g/mol. The van der Waals surface area contributed by atoms with E-state index in [-0.39, 0.29) is 17.7 Å². The number of hydrogen-bond acceptors (Lipinski definition) is 8. The lowest BCUT2D eigenvalue weighted by Crippen LogP contribution is -2.36. The molecule has 0 aliphatic heterocycles. The fourth-order valence-electron chi connectivity index (χ4n) is 5.46. The van der Waals surface area contributed by atoms with Crippen LogP contribution in [0.25, 0.3) is 0 Å². The Hall–Kier alpha value is -5.16. The molecule has 11 nitrogen and oxygen atoms in total. The number of ether oxygens (including phenoxy) is 2. The zero-order valence-electron chi connectivity index (χ0n) is 27.2. The van der Waals surface area contributed by atoms with Gasteiger partial charge in [0.25, 0.3) is 5.91 Å². The number of benzene rings is 3. The molecule has 0 saturated carbocycles. The van der Waals surface area contributed by atoms with E-state index in [0.29, 0.717) is 34.9 Å². The van der Waals surface area contributed by atoms with Gasteiger partial charge in [0.2, 0.25) is 5.95 Å². The minimum Gasteiger partial charge on any atom is -0.497 e. The van der Waals surface area contributed by atoms with Crippen LogP contribution < -0.4 is 25.0 Å². The van der Waals surface area contributed by atoms with Crippen molar-refractivity contribution in [2.24, 2.45) is 0 Å². The molecule has 1 heterocycles. The fourth-order valence-corrected chi connectivity index (χ4v) is 5.46. The van der Waals surface area contributed by atoms with Crippen LogP contribution in [-0.4, -0.2) is 72.4 Å². The van der Waals surface area contributed by atoms with Crippen molar-refractivity contribution in [3.63, 3.8) is 0 Å². The molecule has 1 atom stereocenters. The Labute approximate surface area is 270 Å².